The summed E-state index contributed by atoms with van der Waals surface area (Å²) < 4.78 is 0. The van der Waals surface area contributed by atoms with E-state index in [1.807, 2.05) is 0 Å². The predicted molar refractivity (Wildman–Crippen MR) is 317 cm³/mol. The van der Waals surface area contributed by atoms with E-state index < -0.39 is 0 Å². The molecule has 0 bridgehead atoms. The number of benzene rings is 12. The van der Waals surface area contributed by atoms with Gasteiger partial charge in [-0.2, -0.15) is 0 Å². The van der Waals surface area contributed by atoms with E-state index in [9.17, 15) is 0 Å². The molecule has 1 heteroatoms. The maximum atomic E-state index is 5.45. The highest BCUT2D eigenvalue weighted by molar-refractivity contribution is 6.21. The summed E-state index contributed by atoms with van der Waals surface area (Å²) in [5.41, 5.74) is 29.5. The summed E-state index contributed by atoms with van der Waals surface area (Å²) in [4.78, 5) is 5.45. The summed E-state index contributed by atoms with van der Waals surface area (Å²) in [7, 11) is 0. The van der Waals surface area contributed by atoms with Crippen molar-refractivity contribution in [2.45, 2.75) is 6.92 Å². The zero-order valence-electron chi connectivity index (χ0n) is 41.2. The van der Waals surface area contributed by atoms with Crippen molar-refractivity contribution >= 4 is 32.3 Å². The predicted octanol–water partition coefficient (Wildman–Crippen LogP) is 20.1. The van der Waals surface area contributed by atoms with Gasteiger partial charge in [-0.15, -0.1) is 12.3 Å². The Morgan fingerprint density at radius 3 is 0.787 bits per heavy atom. The van der Waals surface area contributed by atoms with E-state index >= 15 is 0 Å². The van der Waals surface area contributed by atoms with Gasteiger partial charge >= 0.3 is 0 Å². The highest BCUT2D eigenvalue weighted by Gasteiger charge is 2.25. The van der Waals surface area contributed by atoms with Gasteiger partial charge in [0.1, 0.15) is 0 Å². The third-order valence-corrected chi connectivity index (χ3v) is 16.0. The Labute approximate surface area is 436 Å². The molecule has 0 amide bonds. The number of pyridine rings is 1. The van der Waals surface area contributed by atoms with Crippen LogP contribution in [0.2, 0.25) is 0 Å². The van der Waals surface area contributed by atoms with Crippen molar-refractivity contribution in [2.75, 3.05) is 0 Å². The molecule has 0 N–H and O–H groups in total. The van der Waals surface area contributed by atoms with Crippen molar-refractivity contribution in [2.24, 2.45) is 0 Å². The second kappa shape index (κ2) is 16.9. The molecule has 0 radical (unpaired) electrons. The summed E-state index contributed by atoms with van der Waals surface area (Å²) in [6, 6.07) is 92.2. The number of aromatic nitrogens is 1. The van der Waals surface area contributed by atoms with Crippen LogP contribution in [0.25, 0.3) is 166 Å². The fourth-order valence-electron chi connectivity index (χ4n) is 12.7. The number of rotatable bonds is 6. The van der Waals surface area contributed by atoms with Gasteiger partial charge in [-0.3, -0.25) is 0 Å². The first kappa shape index (κ1) is 42.8. The maximum absolute atomic E-state index is 5.45. The third kappa shape index (κ3) is 6.57. The topological polar surface area (TPSA) is 12.9 Å². The first-order chi connectivity index (χ1) is 37.1. The van der Waals surface area contributed by atoms with Crippen molar-refractivity contribution in [3.63, 3.8) is 0 Å². The molecule has 0 spiro atoms. The quantitative estimate of drug-likeness (QED) is 0.151. The molecule has 3 aliphatic rings. The van der Waals surface area contributed by atoms with Crippen molar-refractivity contribution in [1.29, 1.82) is 0 Å². The fourth-order valence-corrected chi connectivity index (χ4v) is 12.7. The molecule has 0 fully saturated rings. The standard InChI is InChI=1S/C71H41N.C3H4/c1-4-13-55-52(10-1)61-19-7-16-58-49(34-37-64(55)69(58)61)43-24-22-42(23-25-43)48-40-67(46-30-26-44(27-31-46)50-35-38-65-56-14-5-2-11-53(56)62-20-8-17-59(50)70(62)65)72-68(41-48)47-32-28-45(29-33-47)51-36-39-66-57-15-6-3-12-54(57)63-21-9-18-60(51)71(63)66;1-3-2/h1-41H;1H,2H3. The van der Waals surface area contributed by atoms with E-state index in [0.29, 0.717) is 0 Å². The van der Waals surface area contributed by atoms with Crippen LogP contribution in [0, 0.1) is 12.3 Å². The number of terminal acetylenes is 1. The molecule has 0 atom stereocenters. The van der Waals surface area contributed by atoms with Crippen LogP contribution < -0.4 is 0 Å². The lowest BCUT2D eigenvalue weighted by Crippen LogP contribution is -1.92. The summed E-state index contributed by atoms with van der Waals surface area (Å²) in [6.07, 6.45) is 4.60. The highest BCUT2D eigenvalue weighted by Crippen LogP contribution is 2.52. The molecule has 0 unspecified atom stereocenters. The first-order valence-corrected chi connectivity index (χ1v) is 25.8. The maximum Gasteiger partial charge on any atom is 0.0715 e. The Bertz CT molecular complexity index is 4010. The molecule has 13 aromatic rings. The monoisotopic (exact) mass is 947 g/mol. The SMILES string of the molecule is C#CC.c1ccc2c(c1)-c1cccc3c(-c4ccc(-c5cc(-c6ccc(-c7ccc8c9c(cccc79)-c7ccccc7-8)cc6)nc(-c6ccc(-c7ccc8c9c(cccc79)-c7ccccc7-8)cc6)c5)cc4)ccc-2c13. The van der Waals surface area contributed by atoms with E-state index in [1.165, 1.54) is 132 Å². The van der Waals surface area contributed by atoms with Crippen LogP contribution in [0.1, 0.15) is 6.92 Å². The molecule has 1 nitrogen and oxygen atoms in total. The summed E-state index contributed by atoms with van der Waals surface area (Å²) >= 11 is 0. The van der Waals surface area contributed by atoms with Gasteiger partial charge in [0.2, 0.25) is 0 Å². The molecule has 12 aromatic carbocycles. The van der Waals surface area contributed by atoms with Crippen molar-refractivity contribution in [3.05, 3.63) is 249 Å². The van der Waals surface area contributed by atoms with E-state index in [4.69, 9.17) is 4.98 Å². The molecule has 0 saturated carbocycles. The van der Waals surface area contributed by atoms with Gasteiger partial charge in [0, 0.05) is 11.1 Å². The number of hydrogen-bond acceptors (Lipinski definition) is 1. The number of hydrogen-bond donors (Lipinski definition) is 0. The van der Waals surface area contributed by atoms with Gasteiger partial charge in [0.25, 0.3) is 0 Å². The van der Waals surface area contributed by atoms with Gasteiger partial charge < -0.3 is 0 Å². The van der Waals surface area contributed by atoms with Crippen LogP contribution in [0.15, 0.2) is 249 Å². The zero-order valence-corrected chi connectivity index (χ0v) is 41.2. The van der Waals surface area contributed by atoms with E-state index in [0.717, 1.165) is 33.6 Å². The Morgan fingerprint density at radius 2 is 0.480 bits per heavy atom. The van der Waals surface area contributed by atoms with Crippen molar-refractivity contribution in [3.8, 4) is 146 Å². The minimum Gasteiger partial charge on any atom is -0.248 e. The Morgan fingerprint density at radius 1 is 0.240 bits per heavy atom. The van der Waals surface area contributed by atoms with Gasteiger partial charge in [0.15, 0.2) is 0 Å². The van der Waals surface area contributed by atoms with Crippen LogP contribution in [0.3, 0.4) is 0 Å². The molecular weight excluding hydrogens is 903 g/mol. The molecule has 0 saturated heterocycles. The third-order valence-electron chi connectivity index (χ3n) is 16.0. The molecule has 1 aromatic heterocycles. The minimum absolute atomic E-state index is 0.942. The van der Waals surface area contributed by atoms with Crippen molar-refractivity contribution < 1.29 is 0 Å². The Balaban J connectivity index is 0.00000161. The van der Waals surface area contributed by atoms with Crippen LogP contribution in [-0.4, -0.2) is 4.98 Å². The summed E-state index contributed by atoms with van der Waals surface area (Å²) in [6.45, 7) is 1.65. The average molecular weight is 948 g/mol. The van der Waals surface area contributed by atoms with Crippen LogP contribution in [0.4, 0.5) is 0 Å². The smallest absolute Gasteiger partial charge is 0.0715 e. The average Bonchev–Trinajstić information content (AvgIpc) is 4.16. The first-order valence-electron chi connectivity index (χ1n) is 25.8. The summed E-state index contributed by atoms with van der Waals surface area (Å²) in [5.74, 6) is 2.25. The molecule has 16 rings (SSSR count). The lowest BCUT2D eigenvalue weighted by Gasteiger charge is -2.14. The van der Waals surface area contributed by atoms with Gasteiger partial charge in [-0.25, -0.2) is 4.98 Å². The Kier molecular flexibility index (Phi) is 9.62. The molecule has 0 aliphatic heterocycles. The molecule has 1 heterocycles. The molecular formula is C74H45N. The zero-order chi connectivity index (χ0) is 49.7. The fraction of sp³-hybridized carbons (Fsp3) is 0.0135. The van der Waals surface area contributed by atoms with Crippen molar-refractivity contribution in [1.82, 2.24) is 4.98 Å². The van der Waals surface area contributed by atoms with E-state index in [-0.39, 0.29) is 0 Å². The highest BCUT2D eigenvalue weighted by atomic mass is 14.7. The summed E-state index contributed by atoms with van der Waals surface area (Å²) in [5, 5.41) is 7.89. The van der Waals surface area contributed by atoms with E-state index in [1.54, 1.807) is 6.92 Å². The van der Waals surface area contributed by atoms with Gasteiger partial charge in [0.05, 0.1) is 11.4 Å². The molecule has 346 valence electrons. The van der Waals surface area contributed by atoms with E-state index in [2.05, 4.69) is 261 Å². The second-order valence-electron chi connectivity index (χ2n) is 20.0. The van der Waals surface area contributed by atoms with Crippen LogP contribution in [-0.2, 0) is 0 Å². The normalized spacial score (nSPS) is 11.8. The lowest BCUT2D eigenvalue weighted by molar-refractivity contribution is 1.32. The number of nitrogens with zero attached hydrogens (tertiary/aromatic N) is 1. The number of fused-ring (bicyclic) bond motifs is 9. The van der Waals surface area contributed by atoms with Crippen LogP contribution in [0.5, 0.6) is 0 Å². The molecule has 3 aliphatic carbocycles. The molecule has 75 heavy (non-hydrogen) atoms. The van der Waals surface area contributed by atoms with Gasteiger partial charge in [-0.1, -0.05) is 237 Å². The van der Waals surface area contributed by atoms with Crippen LogP contribution >= 0.6 is 0 Å². The minimum atomic E-state index is 0.942. The second-order valence-corrected chi connectivity index (χ2v) is 20.0. The Hall–Kier alpha value is -9.87. The van der Waals surface area contributed by atoms with Gasteiger partial charge in [-0.05, 0) is 163 Å². The lowest BCUT2D eigenvalue weighted by atomic mass is 9.92. The largest absolute Gasteiger partial charge is 0.248 e.